The van der Waals surface area contributed by atoms with Gasteiger partial charge in [-0.3, -0.25) is 4.79 Å². The Balaban J connectivity index is 2.38. The van der Waals surface area contributed by atoms with Gasteiger partial charge in [-0.05, 0) is 43.2 Å². The molecule has 0 aliphatic rings. The Morgan fingerprint density at radius 3 is 2.29 bits per heavy atom. The summed E-state index contributed by atoms with van der Waals surface area (Å²) in [6.45, 7) is 3.74. The molecule has 0 aliphatic heterocycles. The van der Waals surface area contributed by atoms with E-state index in [1.54, 1.807) is 18.2 Å². The van der Waals surface area contributed by atoms with E-state index in [0.29, 0.717) is 10.7 Å². The highest BCUT2D eigenvalue weighted by Gasteiger charge is 2.17. The molecule has 2 aromatic rings. The van der Waals surface area contributed by atoms with Crippen LogP contribution in [0.15, 0.2) is 36.4 Å². The second-order valence-corrected chi connectivity index (χ2v) is 5.15. The lowest BCUT2D eigenvalue weighted by Crippen LogP contribution is -2.17. The molecule has 0 radical (unpaired) electrons. The van der Waals surface area contributed by atoms with Crippen molar-refractivity contribution in [3.05, 3.63) is 63.7 Å². The third-order valence-corrected chi connectivity index (χ3v) is 3.37. The molecule has 0 saturated heterocycles. The predicted octanol–water partition coefficient (Wildman–Crippen LogP) is 3.91. The summed E-state index contributed by atoms with van der Waals surface area (Å²) in [6.07, 6.45) is 0. The summed E-state index contributed by atoms with van der Waals surface area (Å²) in [5, 5.41) is 12.2. The number of halogens is 1. The number of carbonyl (C=O) groups is 2. The van der Waals surface area contributed by atoms with Crippen LogP contribution in [0.3, 0.4) is 0 Å². The molecule has 0 bridgehead atoms. The van der Waals surface area contributed by atoms with Crippen LogP contribution >= 0.6 is 11.6 Å². The normalized spacial score (nSPS) is 10.2. The summed E-state index contributed by atoms with van der Waals surface area (Å²) in [4.78, 5) is 23.4. The lowest BCUT2D eigenvalue weighted by atomic mass is 10.1. The number of aromatic carboxylic acids is 1. The van der Waals surface area contributed by atoms with Crippen LogP contribution in [0.2, 0.25) is 5.02 Å². The number of hydrogen-bond acceptors (Lipinski definition) is 2. The number of anilines is 1. The molecule has 1 amide bonds. The zero-order valence-corrected chi connectivity index (χ0v) is 12.4. The highest BCUT2D eigenvalue weighted by atomic mass is 35.5. The number of carboxylic acid groups (broad SMARTS) is 1. The van der Waals surface area contributed by atoms with Crippen LogP contribution in [0.5, 0.6) is 0 Å². The van der Waals surface area contributed by atoms with Gasteiger partial charge in [0.2, 0.25) is 0 Å². The Morgan fingerprint density at radius 1 is 1.10 bits per heavy atom. The Bertz CT molecular complexity index is 702. The molecule has 0 fully saturated rings. The summed E-state index contributed by atoms with van der Waals surface area (Å²) in [6, 6.07) is 9.68. The molecule has 2 aromatic carbocycles. The molecule has 2 rings (SSSR count). The molecule has 0 aliphatic carbocycles. The van der Waals surface area contributed by atoms with Crippen LogP contribution in [0, 0.1) is 13.8 Å². The fourth-order valence-electron chi connectivity index (χ4n) is 2.12. The zero-order valence-electron chi connectivity index (χ0n) is 11.6. The Kier molecular flexibility index (Phi) is 4.29. The van der Waals surface area contributed by atoms with Crippen molar-refractivity contribution in [3.8, 4) is 0 Å². The minimum absolute atomic E-state index is 0.0455. The van der Waals surface area contributed by atoms with Crippen LogP contribution in [-0.4, -0.2) is 17.0 Å². The molecule has 2 N–H and O–H groups in total. The maximum atomic E-state index is 12.3. The van der Waals surface area contributed by atoms with Crippen molar-refractivity contribution in [3.63, 3.8) is 0 Å². The van der Waals surface area contributed by atoms with Gasteiger partial charge in [-0.1, -0.05) is 29.8 Å². The van der Waals surface area contributed by atoms with E-state index in [1.807, 2.05) is 19.9 Å². The van der Waals surface area contributed by atoms with E-state index in [9.17, 15) is 9.59 Å². The van der Waals surface area contributed by atoms with Crippen molar-refractivity contribution < 1.29 is 14.7 Å². The summed E-state index contributed by atoms with van der Waals surface area (Å²) in [7, 11) is 0. The minimum Gasteiger partial charge on any atom is -0.478 e. The highest BCUT2D eigenvalue weighted by Crippen LogP contribution is 2.28. The third kappa shape index (κ3) is 3.23. The molecule has 0 heterocycles. The standard InChI is InChI=1S/C16H14ClNO3/c1-9-7-10(2)14(13(17)8-9)18-15(19)11-5-3-4-6-12(11)16(20)21/h3-8H,1-2H3,(H,18,19)(H,20,21). The molecular formula is C16H14ClNO3. The Hall–Kier alpha value is -2.33. The van der Waals surface area contributed by atoms with Crippen molar-refractivity contribution in [2.75, 3.05) is 5.32 Å². The first-order valence-corrected chi connectivity index (χ1v) is 6.68. The quantitative estimate of drug-likeness (QED) is 0.903. The number of nitrogens with one attached hydrogen (secondary N) is 1. The number of carbonyl (C=O) groups excluding carboxylic acids is 1. The van der Waals surface area contributed by atoms with Crippen LogP contribution in [0.25, 0.3) is 0 Å². The van der Waals surface area contributed by atoms with E-state index in [2.05, 4.69) is 5.32 Å². The second kappa shape index (κ2) is 5.97. The number of benzene rings is 2. The van der Waals surface area contributed by atoms with Crippen molar-refractivity contribution >= 4 is 29.2 Å². The molecule has 21 heavy (non-hydrogen) atoms. The fraction of sp³-hybridized carbons (Fsp3) is 0.125. The molecule has 4 nitrogen and oxygen atoms in total. The second-order valence-electron chi connectivity index (χ2n) is 4.74. The monoisotopic (exact) mass is 303 g/mol. The van der Waals surface area contributed by atoms with Crippen LogP contribution < -0.4 is 5.32 Å². The zero-order chi connectivity index (χ0) is 15.6. The van der Waals surface area contributed by atoms with Crippen molar-refractivity contribution in [1.82, 2.24) is 0 Å². The summed E-state index contributed by atoms with van der Waals surface area (Å²) >= 11 is 6.14. The van der Waals surface area contributed by atoms with E-state index in [1.165, 1.54) is 12.1 Å². The van der Waals surface area contributed by atoms with Crippen molar-refractivity contribution in [1.29, 1.82) is 0 Å². The smallest absolute Gasteiger partial charge is 0.336 e. The van der Waals surface area contributed by atoms with Gasteiger partial charge < -0.3 is 10.4 Å². The van der Waals surface area contributed by atoms with Crippen molar-refractivity contribution in [2.24, 2.45) is 0 Å². The molecule has 0 unspecified atom stereocenters. The van der Waals surface area contributed by atoms with Gasteiger partial charge >= 0.3 is 5.97 Å². The lowest BCUT2D eigenvalue weighted by Gasteiger charge is -2.12. The average Bonchev–Trinajstić information content (AvgIpc) is 2.42. The first kappa shape index (κ1) is 15.1. The molecule has 0 atom stereocenters. The van der Waals surface area contributed by atoms with Gasteiger partial charge in [-0.2, -0.15) is 0 Å². The number of carboxylic acids is 1. The first-order chi connectivity index (χ1) is 9.90. The number of hydrogen-bond donors (Lipinski definition) is 2. The SMILES string of the molecule is Cc1cc(C)c(NC(=O)c2ccccc2C(=O)O)c(Cl)c1. The van der Waals surface area contributed by atoms with Crippen molar-refractivity contribution in [2.45, 2.75) is 13.8 Å². The van der Waals surface area contributed by atoms with Gasteiger partial charge in [0.15, 0.2) is 0 Å². The first-order valence-electron chi connectivity index (χ1n) is 6.30. The number of aryl methyl sites for hydroxylation is 2. The van der Waals surface area contributed by atoms with E-state index in [-0.39, 0.29) is 11.1 Å². The largest absolute Gasteiger partial charge is 0.478 e. The van der Waals surface area contributed by atoms with Gasteiger partial charge in [-0.15, -0.1) is 0 Å². The van der Waals surface area contributed by atoms with E-state index in [4.69, 9.17) is 16.7 Å². The molecule has 0 spiro atoms. The average molecular weight is 304 g/mol. The predicted molar refractivity (Wildman–Crippen MR) is 82.3 cm³/mol. The van der Waals surface area contributed by atoms with Crippen LogP contribution in [0.4, 0.5) is 5.69 Å². The third-order valence-electron chi connectivity index (χ3n) is 3.07. The van der Waals surface area contributed by atoms with Gasteiger partial charge in [0.1, 0.15) is 0 Å². The van der Waals surface area contributed by atoms with Crippen LogP contribution in [0.1, 0.15) is 31.8 Å². The Morgan fingerprint density at radius 2 is 1.71 bits per heavy atom. The van der Waals surface area contributed by atoms with Gasteiger partial charge in [0.25, 0.3) is 5.91 Å². The number of rotatable bonds is 3. The summed E-state index contributed by atoms with van der Waals surface area (Å²) < 4.78 is 0. The molecular weight excluding hydrogens is 290 g/mol. The number of amides is 1. The maximum Gasteiger partial charge on any atom is 0.336 e. The topological polar surface area (TPSA) is 66.4 Å². The minimum atomic E-state index is -1.15. The maximum absolute atomic E-state index is 12.3. The Labute approximate surface area is 127 Å². The van der Waals surface area contributed by atoms with E-state index in [0.717, 1.165) is 11.1 Å². The molecule has 5 heteroatoms. The van der Waals surface area contributed by atoms with Gasteiger partial charge in [-0.25, -0.2) is 4.79 Å². The fourth-order valence-corrected chi connectivity index (χ4v) is 2.49. The van der Waals surface area contributed by atoms with E-state index >= 15 is 0 Å². The summed E-state index contributed by atoms with van der Waals surface area (Å²) in [5.74, 6) is -1.64. The molecule has 0 saturated carbocycles. The highest BCUT2D eigenvalue weighted by molar-refractivity contribution is 6.34. The van der Waals surface area contributed by atoms with Gasteiger partial charge in [0.05, 0.1) is 21.8 Å². The molecule has 0 aromatic heterocycles. The van der Waals surface area contributed by atoms with E-state index < -0.39 is 11.9 Å². The lowest BCUT2D eigenvalue weighted by molar-refractivity contribution is 0.0692. The summed E-state index contributed by atoms with van der Waals surface area (Å²) in [5.41, 5.74) is 2.35. The van der Waals surface area contributed by atoms with Gasteiger partial charge in [0, 0.05) is 0 Å². The van der Waals surface area contributed by atoms with Crippen LogP contribution in [-0.2, 0) is 0 Å². The molecule has 108 valence electrons.